The third-order valence-corrected chi connectivity index (χ3v) is 12.1. The number of nitrogens with zero attached hydrogens (tertiary/aromatic N) is 5. The second-order valence-corrected chi connectivity index (χ2v) is 16.0. The molecule has 3 aromatic heterocycles. The van der Waals surface area contributed by atoms with E-state index in [4.69, 9.17) is 24.9 Å². The van der Waals surface area contributed by atoms with Crippen LogP contribution in [0.5, 0.6) is 0 Å². The molecule has 286 valence electrons. The number of aromatic nitrogens is 5. The van der Waals surface area contributed by atoms with Gasteiger partial charge in [0.1, 0.15) is 0 Å². The highest BCUT2D eigenvalue weighted by atomic mass is 32.1. The van der Waals surface area contributed by atoms with Crippen LogP contribution in [0.2, 0.25) is 0 Å². The van der Waals surface area contributed by atoms with E-state index >= 15 is 0 Å². The van der Waals surface area contributed by atoms with Gasteiger partial charge in [-0.3, -0.25) is 0 Å². The molecule has 0 amide bonds. The smallest absolute Gasteiger partial charge is 0.164 e. The van der Waals surface area contributed by atoms with Crippen molar-refractivity contribution in [2.45, 2.75) is 0 Å². The Balaban J connectivity index is 1.08. The molecule has 3 heterocycles. The summed E-state index contributed by atoms with van der Waals surface area (Å²) in [6, 6.07) is 73.5. The summed E-state index contributed by atoms with van der Waals surface area (Å²) in [5.41, 5.74) is 11.9. The fraction of sp³-hybridized carbons (Fsp3) is 0. The second kappa shape index (κ2) is 15.7. The number of fused-ring (bicyclic) bond motifs is 3. The summed E-state index contributed by atoms with van der Waals surface area (Å²) in [5.74, 6) is 2.55. The monoisotopic (exact) mass is 797 g/mol. The minimum absolute atomic E-state index is 0.616. The Hall–Kier alpha value is -7.93. The van der Waals surface area contributed by atoms with Crippen LogP contribution in [0.3, 0.4) is 0 Å². The minimum Gasteiger partial charge on any atom is -0.228 e. The van der Waals surface area contributed by atoms with Gasteiger partial charge in [-0.15, -0.1) is 11.3 Å². The lowest BCUT2D eigenvalue weighted by Crippen LogP contribution is -2.00. The summed E-state index contributed by atoms with van der Waals surface area (Å²) < 4.78 is 2.49. The maximum atomic E-state index is 5.17. The zero-order valence-electron chi connectivity index (χ0n) is 32.9. The topological polar surface area (TPSA) is 64.5 Å². The van der Waals surface area contributed by atoms with Crippen LogP contribution in [-0.4, -0.2) is 24.9 Å². The van der Waals surface area contributed by atoms with E-state index in [0.29, 0.717) is 23.3 Å². The fourth-order valence-corrected chi connectivity index (χ4v) is 9.06. The van der Waals surface area contributed by atoms with Gasteiger partial charge in [0.15, 0.2) is 23.3 Å². The highest BCUT2D eigenvalue weighted by molar-refractivity contribution is 7.25. The molecule has 5 nitrogen and oxygen atoms in total. The molecule has 0 saturated heterocycles. The van der Waals surface area contributed by atoms with Crippen LogP contribution < -0.4 is 0 Å². The van der Waals surface area contributed by atoms with Gasteiger partial charge in [-0.2, -0.15) is 0 Å². The first-order valence-corrected chi connectivity index (χ1v) is 21.1. The lowest BCUT2D eigenvalue weighted by atomic mass is 9.91. The van der Waals surface area contributed by atoms with Crippen LogP contribution in [0.25, 0.3) is 110 Å². The van der Waals surface area contributed by atoms with E-state index in [0.717, 1.165) is 67.0 Å². The van der Waals surface area contributed by atoms with Gasteiger partial charge in [-0.25, -0.2) is 24.9 Å². The highest BCUT2D eigenvalue weighted by Gasteiger charge is 2.18. The molecule has 11 rings (SSSR count). The maximum Gasteiger partial charge on any atom is 0.164 e. The van der Waals surface area contributed by atoms with Crippen molar-refractivity contribution in [3.63, 3.8) is 0 Å². The van der Waals surface area contributed by atoms with E-state index in [-0.39, 0.29) is 0 Å². The number of rotatable bonds is 8. The first kappa shape index (κ1) is 36.2. The van der Waals surface area contributed by atoms with E-state index in [9.17, 15) is 0 Å². The lowest BCUT2D eigenvalue weighted by Gasteiger charge is -2.14. The number of hydrogen-bond donors (Lipinski definition) is 0. The number of hydrogen-bond acceptors (Lipinski definition) is 6. The predicted molar refractivity (Wildman–Crippen MR) is 252 cm³/mol. The van der Waals surface area contributed by atoms with E-state index in [1.165, 1.54) is 20.2 Å². The third-order valence-electron chi connectivity index (χ3n) is 10.9. The second-order valence-electron chi connectivity index (χ2n) is 14.9. The Bertz CT molecular complexity index is 3230. The van der Waals surface area contributed by atoms with Crippen molar-refractivity contribution in [3.8, 4) is 90.3 Å². The Morgan fingerprint density at radius 3 is 1.16 bits per heavy atom. The van der Waals surface area contributed by atoms with Gasteiger partial charge in [0.05, 0.1) is 11.4 Å². The van der Waals surface area contributed by atoms with Crippen molar-refractivity contribution in [1.29, 1.82) is 0 Å². The summed E-state index contributed by atoms with van der Waals surface area (Å²) >= 11 is 1.82. The first-order valence-electron chi connectivity index (χ1n) is 20.2. The molecule has 0 aliphatic heterocycles. The molecule has 11 aromatic rings. The first-order chi connectivity index (χ1) is 30.2. The average Bonchev–Trinajstić information content (AvgIpc) is 3.72. The predicted octanol–water partition coefficient (Wildman–Crippen LogP) is 14.4. The summed E-state index contributed by atoms with van der Waals surface area (Å²) in [4.78, 5) is 25.4. The zero-order valence-corrected chi connectivity index (χ0v) is 33.7. The summed E-state index contributed by atoms with van der Waals surface area (Å²) in [6.07, 6.45) is 0. The van der Waals surface area contributed by atoms with E-state index in [1.807, 2.05) is 108 Å². The summed E-state index contributed by atoms with van der Waals surface area (Å²) in [6.45, 7) is 0. The van der Waals surface area contributed by atoms with Crippen molar-refractivity contribution < 1.29 is 0 Å². The van der Waals surface area contributed by atoms with Crippen molar-refractivity contribution >= 4 is 31.5 Å². The lowest BCUT2D eigenvalue weighted by molar-refractivity contribution is 1.07. The fourth-order valence-electron chi connectivity index (χ4n) is 7.93. The molecule has 0 bridgehead atoms. The minimum atomic E-state index is 0.616. The molecule has 61 heavy (non-hydrogen) atoms. The quantitative estimate of drug-likeness (QED) is 0.153. The van der Waals surface area contributed by atoms with Gasteiger partial charge in [0.25, 0.3) is 0 Å². The van der Waals surface area contributed by atoms with Crippen LogP contribution in [0, 0.1) is 0 Å². The van der Waals surface area contributed by atoms with Gasteiger partial charge < -0.3 is 0 Å². The maximum absolute atomic E-state index is 5.17. The Kier molecular flexibility index (Phi) is 9.30. The number of benzene rings is 8. The van der Waals surface area contributed by atoms with Crippen LogP contribution in [-0.2, 0) is 0 Å². The summed E-state index contributed by atoms with van der Waals surface area (Å²) in [5, 5.41) is 2.47. The molecule has 8 aromatic carbocycles. The van der Waals surface area contributed by atoms with E-state index in [2.05, 4.69) is 115 Å². The average molecular weight is 798 g/mol. The number of thiophene rings is 1. The standard InChI is InChI=1S/C55H35N5S/c1-5-17-36(18-6-1)48-35-49(37-19-7-2-8-20-37)57-54(56-48)42-27-16-26-41(32-42)46-34-51-47(44-29-13-14-30-50(44)61-51)33-45(46)40-25-15-28-43(31-40)55-59-52(38-21-9-3-10-22-38)58-53(60-55)39-23-11-4-12-24-39/h1-35H. The molecular formula is C55H35N5S. The van der Waals surface area contributed by atoms with Crippen LogP contribution in [0.15, 0.2) is 212 Å². The molecule has 0 aliphatic rings. The molecule has 0 N–H and O–H groups in total. The molecule has 0 atom stereocenters. The van der Waals surface area contributed by atoms with Gasteiger partial charge in [-0.1, -0.05) is 176 Å². The molecule has 0 spiro atoms. The van der Waals surface area contributed by atoms with Crippen molar-refractivity contribution in [2.24, 2.45) is 0 Å². The molecule has 0 saturated carbocycles. The van der Waals surface area contributed by atoms with Crippen molar-refractivity contribution in [1.82, 2.24) is 24.9 Å². The van der Waals surface area contributed by atoms with Crippen LogP contribution >= 0.6 is 11.3 Å². The van der Waals surface area contributed by atoms with Gasteiger partial charge >= 0.3 is 0 Å². The Labute approximate surface area is 357 Å². The zero-order chi connectivity index (χ0) is 40.5. The molecule has 6 heteroatoms. The molecular weight excluding hydrogens is 763 g/mol. The van der Waals surface area contributed by atoms with Crippen molar-refractivity contribution in [2.75, 3.05) is 0 Å². The van der Waals surface area contributed by atoms with Gasteiger partial charge in [0.2, 0.25) is 0 Å². The largest absolute Gasteiger partial charge is 0.228 e. The molecule has 0 unspecified atom stereocenters. The molecule has 0 aliphatic carbocycles. The van der Waals surface area contributed by atoms with Gasteiger partial charge in [0, 0.05) is 53.6 Å². The highest BCUT2D eigenvalue weighted by Crippen LogP contribution is 2.43. The van der Waals surface area contributed by atoms with Crippen LogP contribution in [0.1, 0.15) is 0 Å². The Morgan fingerprint density at radius 2 is 0.639 bits per heavy atom. The van der Waals surface area contributed by atoms with E-state index < -0.39 is 0 Å². The normalized spacial score (nSPS) is 11.3. The van der Waals surface area contributed by atoms with Crippen molar-refractivity contribution in [3.05, 3.63) is 212 Å². The van der Waals surface area contributed by atoms with Crippen LogP contribution in [0.4, 0.5) is 0 Å². The summed E-state index contributed by atoms with van der Waals surface area (Å²) in [7, 11) is 0. The Morgan fingerprint density at radius 1 is 0.246 bits per heavy atom. The molecule has 0 fully saturated rings. The molecule has 0 radical (unpaired) electrons. The third kappa shape index (κ3) is 7.16. The SMILES string of the molecule is c1ccc(-c2cc(-c3ccccc3)nc(-c3cccc(-c4cc5sc6ccccc6c5cc4-c4cccc(-c5nc(-c6ccccc6)nc(-c6ccccc6)n5)c4)c3)n2)cc1. The van der Waals surface area contributed by atoms with Gasteiger partial charge in [-0.05, 0) is 58.7 Å². The van der Waals surface area contributed by atoms with E-state index in [1.54, 1.807) is 0 Å².